The molecule has 4 rings (SSSR count). The number of hydrogen-bond acceptors (Lipinski definition) is 4. The number of nitrogens with zero attached hydrogens (tertiary/aromatic N) is 3. The SMILES string of the molecule is CNCCN(C)Cc1nn2c(c1C1CCC3(CC1)CCC(C)(C)O3)CCC2. The first-order chi connectivity index (χ1) is 12.9. The van der Waals surface area contributed by atoms with Gasteiger partial charge in [-0.15, -0.1) is 0 Å². The molecule has 0 bridgehead atoms. The molecular formula is C22H38N4O. The summed E-state index contributed by atoms with van der Waals surface area (Å²) in [6.07, 6.45) is 9.92. The third-order valence-corrected chi connectivity index (χ3v) is 7.10. The maximum atomic E-state index is 6.54. The summed E-state index contributed by atoms with van der Waals surface area (Å²) < 4.78 is 8.85. The van der Waals surface area contributed by atoms with E-state index >= 15 is 0 Å². The Hall–Kier alpha value is -0.910. The van der Waals surface area contributed by atoms with E-state index in [0.29, 0.717) is 5.92 Å². The van der Waals surface area contributed by atoms with Crippen LogP contribution in [0.15, 0.2) is 0 Å². The van der Waals surface area contributed by atoms with Crippen LogP contribution in [0.5, 0.6) is 0 Å². The van der Waals surface area contributed by atoms with Crippen LogP contribution in [0.25, 0.3) is 0 Å². The lowest BCUT2D eigenvalue weighted by molar-refractivity contribution is -0.105. The predicted octanol–water partition coefficient (Wildman–Crippen LogP) is 3.47. The monoisotopic (exact) mass is 374 g/mol. The van der Waals surface area contributed by atoms with Crippen molar-refractivity contribution < 1.29 is 4.74 Å². The maximum absolute atomic E-state index is 6.54. The highest BCUT2D eigenvalue weighted by Gasteiger charge is 2.46. The first-order valence-electron chi connectivity index (χ1n) is 11.0. The van der Waals surface area contributed by atoms with Gasteiger partial charge in [0.25, 0.3) is 0 Å². The van der Waals surface area contributed by atoms with Gasteiger partial charge in [0.05, 0.1) is 16.9 Å². The molecule has 1 N–H and O–H groups in total. The zero-order valence-corrected chi connectivity index (χ0v) is 17.8. The van der Waals surface area contributed by atoms with E-state index in [9.17, 15) is 0 Å². The predicted molar refractivity (Wildman–Crippen MR) is 109 cm³/mol. The molecule has 1 aromatic rings. The number of aryl methyl sites for hydroxylation is 1. The molecule has 3 heterocycles. The molecule has 0 aromatic carbocycles. The Morgan fingerprint density at radius 2 is 2.00 bits per heavy atom. The van der Waals surface area contributed by atoms with E-state index in [4.69, 9.17) is 9.84 Å². The molecule has 152 valence electrons. The van der Waals surface area contributed by atoms with Crippen LogP contribution in [0.2, 0.25) is 0 Å². The zero-order valence-electron chi connectivity index (χ0n) is 17.8. The van der Waals surface area contributed by atoms with E-state index < -0.39 is 0 Å². The van der Waals surface area contributed by atoms with Gasteiger partial charge in [-0.05, 0) is 85.2 Å². The summed E-state index contributed by atoms with van der Waals surface area (Å²) in [5.41, 5.74) is 4.74. The summed E-state index contributed by atoms with van der Waals surface area (Å²) in [5, 5.41) is 8.30. The molecular weight excluding hydrogens is 336 g/mol. The lowest BCUT2D eigenvalue weighted by Crippen LogP contribution is -2.36. The van der Waals surface area contributed by atoms with Gasteiger partial charge >= 0.3 is 0 Å². The highest BCUT2D eigenvalue weighted by Crippen LogP contribution is 2.50. The van der Waals surface area contributed by atoms with E-state index in [2.05, 4.69) is 35.8 Å². The van der Waals surface area contributed by atoms with E-state index in [1.165, 1.54) is 57.1 Å². The quantitative estimate of drug-likeness (QED) is 0.828. The summed E-state index contributed by atoms with van der Waals surface area (Å²) in [5.74, 6) is 0.678. The van der Waals surface area contributed by atoms with Crippen molar-refractivity contribution in [2.75, 3.05) is 27.2 Å². The molecule has 0 radical (unpaired) electrons. The number of fused-ring (bicyclic) bond motifs is 1. The second kappa shape index (κ2) is 7.49. The fourth-order valence-corrected chi connectivity index (χ4v) is 5.64. The van der Waals surface area contributed by atoms with Crippen molar-refractivity contribution in [2.24, 2.45) is 0 Å². The van der Waals surface area contributed by atoms with Crippen LogP contribution in [-0.2, 0) is 24.2 Å². The second-order valence-corrected chi connectivity index (χ2v) is 9.79. The Morgan fingerprint density at radius 1 is 1.22 bits per heavy atom. The van der Waals surface area contributed by atoms with Crippen molar-refractivity contribution in [3.05, 3.63) is 17.0 Å². The number of nitrogens with one attached hydrogen (secondary N) is 1. The maximum Gasteiger partial charge on any atom is 0.0802 e. The normalized spacial score (nSPS) is 29.7. The molecule has 1 spiro atoms. The van der Waals surface area contributed by atoms with Crippen molar-refractivity contribution in [1.29, 1.82) is 0 Å². The van der Waals surface area contributed by atoms with Crippen molar-refractivity contribution in [1.82, 2.24) is 20.0 Å². The van der Waals surface area contributed by atoms with Gasteiger partial charge in [-0.2, -0.15) is 5.10 Å². The number of rotatable bonds is 6. The summed E-state index contributed by atoms with van der Waals surface area (Å²) in [6, 6.07) is 0. The summed E-state index contributed by atoms with van der Waals surface area (Å²) >= 11 is 0. The molecule has 3 aliphatic rings. The molecule has 5 nitrogen and oxygen atoms in total. The third-order valence-electron chi connectivity index (χ3n) is 7.10. The highest BCUT2D eigenvalue weighted by atomic mass is 16.5. The fraction of sp³-hybridized carbons (Fsp3) is 0.864. The Bertz CT molecular complexity index is 658. The lowest BCUT2D eigenvalue weighted by atomic mass is 9.74. The fourth-order valence-electron chi connectivity index (χ4n) is 5.64. The minimum Gasteiger partial charge on any atom is -0.369 e. The van der Waals surface area contributed by atoms with Gasteiger partial charge < -0.3 is 10.1 Å². The third kappa shape index (κ3) is 3.96. The molecule has 0 atom stereocenters. The van der Waals surface area contributed by atoms with Crippen molar-refractivity contribution in [2.45, 2.75) is 95.4 Å². The molecule has 0 unspecified atom stereocenters. The van der Waals surface area contributed by atoms with E-state index in [1.807, 2.05) is 7.05 Å². The van der Waals surface area contributed by atoms with Crippen LogP contribution in [0, 0.1) is 0 Å². The Kier molecular flexibility index (Phi) is 5.38. The average molecular weight is 375 g/mol. The Labute approximate surface area is 164 Å². The van der Waals surface area contributed by atoms with E-state index in [0.717, 1.165) is 26.2 Å². The molecule has 1 saturated heterocycles. The minimum absolute atomic E-state index is 0.0764. The zero-order chi connectivity index (χ0) is 19.1. The van der Waals surface area contributed by atoms with Crippen molar-refractivity contribution in [3.63, 3.8) is 0 Å². The van der Waals surface area contributed by atoms with Gasteiger partial charge in [-0.25, -0.2) is 0 Å². The molecule has 2 aliphatic heterocycles. The first-order valence-corrected chi connectivity index (χ1v) is 11.0. The van der Waals surface area contributed by atoms with E-state index in [1.54, 1.807) is 11.3 Å². The number of aromatic nitrogens is 2. The number of ether oxygens (including phenoxy) is 1. The van der Waals surface area contributed by atoms with Crippen molar-refractivity contribution >= 4 is 0 Å². The Morgan fingerprint density at radius 3 is 2.67 bits per heavy atom. The van der Waals surface area contributed by atoms with Gasteiger partial charge in [-0.1, -0.05) is 0 Å². The van der Waals surface area contributed by atoms with Gasteiger partial charge in [0.2, 0.25) is 0 Å². The average Bonchev–Trinajstić information content (AvgIpc) is 3.28. The Balaban J connectivity index is 1.49. The minimum atomic E-state index is 0.0764. The first kappa shape index (κ1) is 19.4. The van der Waals surface area contributed by atoms with Crippen LogP contribution < -0.4 is 5.32 Å². The molecule has 1 aromatic heterocycles. The summed E-state index contributed by atoms with van der Waals surface area (Å²) in [6.45, 7) is 8.70. The molecule has 2 fully saturated rings. The highest BCUT2D eigenvalue weighted by molar-refractivity contribution is 5.33. The van der Waals surface area contributed by atoms with E-state index in [-0.39, 0.29) is 11.2 Å². The smallest absolute Gasteiger partial charge is 0.0802 e. The van der Waals surface area contributed by atoms with Crippen LogP contribution in [0.1, 0.15) is 81.7 Å². The largest absolute Gasteiger partial charge is 0.369 e. The standard InChI is InChI=1S/C22H38N4O/c1-21(2)11-12-22(27-21)9-7-17(8-10-22)20-18(16-25(4)15-13-23-3)24-26-14-5-6-19(20)26/h17,23H,5-16H2,1-4H3. The summed E-state index contributed by atoms with van der Waals surface area (Å²) in [7, 11) is 4.24. The van der Waals surface area contributed by atoms with Gasteiger partial charge in [-0.3, -0.25) is 9.58 Å². The van der Waals surface area contributed by atoms with Crippen LogP contribution in [-0.4, -0.2) is 53.1 Å². The van der Waals surface area contributed by atoms with Crippen LogP contribution >= 0.6 is 0 Å². The topological polar surface area (TPSA) is 42.3 Å². The van der Waals surface area contributed by atoms with Gasteiger partial charge in [0.1, 0.15) is 0 Å². The molecule has 1 aliphatic carbocycles. The summed E-state index contributed by atoms with van der Waals surface area (Å²) in [4.78, 5) is 2.41. The molecule has 5 heteroatoms. The van der Waals surface area contributed by atoms with Gasteiger partial charge in [0, 0.05) is 37.4 Å². The molecule has 1 saturated carbocycles. The van der Waals surface area contributed by atoms with Gasteiger partial charge in [0.15, 0.2) is 0 Å². The van der Waals surface area contributed by atoms with Crippen LogP contribution in [0.4, 0.5) is 0 Å². The number of likely N-dealkylation sites (N-methyl/N-ethyl adjacent to an activating group) is 2. The molecule has 0 amide bonds. The molecule has 27 heavy (non-hydrogen) atoms. The number of hydrogen-bond donors (Lipinski definition) is 1. The second-order valence-electron chi connectivity index (χ2n) is 9.79. The lowest BCUT2D eigenvalue weighted by Gasteiger charge is -2.38. The van der Waals surface area contributed by atoms with Crippen LogP contribution in [0.3, 0.4) is 0 Å². The van der Waals surface area contributed by atoms with Crippen molar-refractivity contribution in [3.8, 4) is 0 Å².